The molecule has 2 rings (SSSR count). The van der Waals surface area contributed by atoms with Crippen LogP contribution in [0.1, 0.15) is 25.8 Å². The van der Waals surface area contributed by atoms with Gasteiger partial charge in [-0.25, -0.2) is 8.78 Å². The van der Waals surface area contributed by atoms with Gasteiger partial charge in [-0.05, 0) is 43.2 Å². The SMILES string of the molecule is CC/C=C(\C=C(/C)N1CCOCC1)C(NC(=O)/C=C/c1ccc(F)cc1F)C(F)(F)F. The molecule has 1 heterocycles. The van der Waals surface area contributed by atoms with E-state index >= 15 is 0 Å². The molecule has 1 aliphatic heterocycles. The Labute approximate surface area is 178 Å². The largest absolute Gasteiger partial charge is 0.412 e. The summed E-state index contributed by atoms with van der Waals surface area (Å²) in [7, 11) is 0. The summed E-state index contributed by atoms with van der Waals surface area (Å²) >= 11 is 0. The second kappa shape index (κ2) is 11.1. The molecule has 170 valence electrons. The summed E-state index contributed by atoms with van der Waals surface area (Å²) in [5.41, 5.74) is 0.427. The molecule has 0 saturated carbocycles. The predicted molar refractivity (Wildman–Crippen MR) is 108 cm³/mol. The predicted octanol–water partition coefficient (Wildman–Crippen LogP) is 4.60. The van der Waals surface area contributed by atoms with Gasteiger partial charge in [-0.15, -0.1) is 0 Å². The van der Waals surface area contributed by atoms with Gasteiger partial charge in [-0.1, -0.05) is 13.0 Å². The molecular formula is C22H25F5N2O2. The highest BCUT2D eigenvalue weighted by atomic mass is 19.4. The van der Waals surface area contributed by atoms with Crippen molar-refractivity contribution in [3.05, 3.63) is 64.9 Å². The first-order chi connectivity index (χ1) is 14.6. The summed E-state index contributed by atoms with van der Waals surface area (Å²) < 4.78 is 73.2. The smallest absolute Gasteiger partial charge is 0.378 e. The van der Waals surface area contributed by atoms with Crippen molar-refractivity contribution < 1.29 is 31.5 Å². The van der Waals surface area contributed by atoms with Crippen molar-refractivity contribution in [3.63, 3.8) is 0 Å². The van der Waals surface area contributed by atoms with Gasteiger partial charge in [0.25, 0.3) is 0 Å². The van der Waals surface area contributed by atoms with E-state index in [2.05, 4.69) is 0 Å². The van der Waals surface area contributed by atoms with Crippen LogP contribution >= 0.6 is 0 Å². The average Bonchev–Trinajstić information content (AvgIpc) is 2.71. The molecule has 1 N–H and O–H groups in total. The zero-order valence-corrected chi connectivity index (χ0v) is 17.3. The zero-order chi connectivity index (χ0) is 23.0. The lowest BCUT2D eigenvalue weighted by Crippen LogP contribution is -2.46. The summed E-state index contributed by atoms with van der Waals surface area (Å²) in [5, 5.41) is 1.95. The Morgan fingerprint density at radius 3 is 2.52 bits per heavy atom. The molecule has 1 fully saturated rings. The fourth-order valence-electron chi connectivity index (χ4n) is 3.09. The van der Waals surface area contributed by atoms with E-state index in [-0.39, 0.29) is 11.1 Å². The van der Waals surface area contributed by atoms with Crippen LogP contribution in [0.25, 0.3) is 6.08 Å². The maximum atomic E-state index is 13.8. The Balaban J connectivity index is 2.22. The van der Waals surface area contributed by atoms with Gasteiger partial charge in [-0.2, -0.15) is 13.2 Å². The molecule has 0 bridgehead atoms. The molecular weight excluding hydrogens is 419 g/mol. The normalized spacial score (nSPS) is 17.2. The maximum absolute atomic E-state index is 13.8. The van der Waals surface area contributed by atoms with E-state index in [0.717, 1.165) is 24.3 Å². The monoisotopic (exact) mass is 444 g/mol. The number of carbonyl (C=O) groups is 1. The average molecular weight is 444 g/mol. The first kappa shape index (κ1) is 24.6. The summed E-state index contributed by atoms with van der Waals surface area (Å²) in [4.78, 5) is 14.1. The van der Waals surface area contributed by atoms with Gasteiger partial charge in [-0.3, -0.25) is 4.79 Å². The van der Waals surface area contributed by atoms with Crippen molar-refractivity contribution in [3.8, 4) is 0 Å². The van der Waals surface area contributed by atoms with Crippen LogP contribution in [0, 0.1) is 11.6 Å². The van der Waals surface area contributed by atoms with E-state index in [1.165, 1.54) is 12.2 Å². The van der Waals surface area contributed by atoms with E-state index in [0.29, 0.717) is 44.5 Å². The minimum atomic E-state index is -4.74. The van der Waals surface area contributed by atoms with Crippen LogP contribution in [0.3, 0.4) is 0 Å². The molecule has 1 atom stereocenters. The number of halogens is 5. The molecule has 0 aromatic heterocycles. The molecule has 1 aromatic rings. The van der Waals surface area contributed by atoms with Crippen LogP contribution < -0.4 is 5.32 Å². The van der Waals surface area contributed by atoms with Crippen LogP contribution in [0.15, 0.2) is 47.7 Å². The van der Waals surface area contributed by atoms with Gasteiger partial charge < -0.3 is 15.0 Å². The van der Waals surface area contributed by atoms with E-state index in [1.54, 1.807) is 13.8 Å². The molecule has 0 radical (unpaired) electrons. The minimum Gasteiger partial charge on any atom is -0.378 e. The third-order valence-corrected chi connectivity index (χ3v) is 4.65. The molecule has 1 amide bonds. The van der Waals surface area contributed by atoms with Gasteiger partial charge >= 0.3 is 6.18 Å². The molecule has 1 saturated heterocycles. The van der Waals surface area contributed by atoms with Crippen LogP contribution in [0.4, 0.5) is 22.0 Å². The standard InChI is InChI=1S/C22H25F5N2O2/c1-3-4-17(13-15(2)29-9-11-31-12-10-29)21(22(25,26)27)28-20(30)8-6-16-5-7-18(23)14-19(16)24/h4-8,13-14,21H,3,9-12H2,1-2H3,(H,28,30)/b8-6+,15-13+,17-4+. The van der Waals surface area contributed by atoms with Crippen molar-refractivity contribution in [2.75, 3.05) is 26.3 Å². The minimum absolute atomic E-state index is 0.0892. The lowest BCUT2D eigenvalue weighted by molar-refractivity contribution is -0.152. The van der Waals surface area contributed by atoms with Gasteiger partial charge in [0, 0.05) is 36.5 Å². The first-order valence-corrected chi connectivity index (χ1v) is 9.83. The third-order valence-electron chi connectivity index (χ3n) is 4.65. The van der Waals surface area contributed by atoms with E-state index < -0.39 is 29.8 Å². The van der Waals surface area contributed by atoms with Crippen LogP contribution in [0.5, 0.6) is 0 Å². The van der Waals surface area contributed by atoms with Gasteiger partial charge in [0.05, 0.1) is 13.2 Å². The number of alkyl halides is 3. The summed E-state index contributed by atoms with van der Waals surface area (Å²) in [5.74, 6) is -2.77. The van der Waals surface area contributed by atoms with E-state index in [1.807, 2.05) is 10.2 Å². The molecule has 9 heteroatoms. The highest BCUT2D eigenvalue weighted by Gasteiger charge is 2.42. The molecule has 0 spiro atoms. The number of carbonyl (C=O) groups excluding carboxylic acids is 1. The summed E-state index contributed by atoms with van der Waals surface area (Å²) in [6.07, 6.45) is 0.198. The maximum Gasteiger partial charge on any atom is 0.412 e. The van der Waals surface area contributed by atoms with Crippen LogP contribution in [-0.4, -0.2) is 49.3 Å². The Hall–Kier alpha value is -2.68. The van der Waals surface area contributed by atoms with Gasteiger partial charge in [0.15, 0.2) is 6.04 Å². The number of rotatable bonds is 7. The third kappa shape index (κ3) is 7.50. The topological polar surface area (TPSA) is 41.6 Å². The number of morpholine rings is 1. The number of benzene rings is 1. The lowest BCUT2D eigenvalue weighted by atomic mass is 10.0. The van der Waals surface area contributed by atoms with Crippen LogP contribution in [0.2, 0.25) is 0 Å². The van der Waals surface area contributed by atoms with Crippen molar-refractivity contribution in [2.24, 2.45) is 0 Å². The molecule has 1 aromatic carbocycles. The Kier molecular flexibility index (Phi) is 8.79. The Morgan fingerprint density at radius 2 is 1.94 bits per heavy atom. The molecule has 0 aliphatic carbocycles. The second-order valence-electron chi connectivity index (χ2n) is 6.98. The number of hydrogen-bond donors (Lipinski definition) is 1. The van der Waals surface area contributed by atoms with Crippen molar-refractivity contribution >= 4 is 12.0 Å². The van der Waals surface area contributed by atoms with Crippen molar-refractivity contribution in [1.82, 2.24) is 10.2 Å². The molecule has 1 aliphatic rings. The highest BCUT2D eigenvalue weighted by Crippen LogP contribution is 2.28. The molecule has 1 unspecified atom stereocenters. The first-order valence-electron chi connectivity index (χ1n) is 9.83. The lowest BCUT2D eigenvalue weighted by Gasteiger charge is -2.30. The van der Waals surface area contributed by atoms with Gasteiger partial charge in [0.1, 0.15) is 11.6 Å². The quantitative estimate of drug-likeness (QED) is 0.380. The number of nitrogens with zero attached hydrogens (tertiary/aromatic N) is 1. The fourth-order valence-corrected chi connectivity index (χ4v) is 3.09. The van der Waals surface area contributed by atoms with Gasteiger partial charge in [0.2, 0.25) is 5.91 Å². The zero-order valence-electron chi connectivity index (χ0n) is 17.3. The molecule has 4 nitrogen and oxygen atoms in total. The number of allylic oxidation sites excluding steroid dienone is 2. The Morgan fingerprint density at radius 1 is 1.26 bits per heavy atom. The van der Waals surface area contributed by atoms with E-state index in [9.17, 15) is 26.7 Å². The number of nitrogens with one attached hydrogen (secondary N) is 1. The summed E-state index contributed by atoms with van der Waals surface area (Å²) in [6.45, 7) is 5.52. The van der Waals surface area contributed by atoms with Crippen molar-refractivity contribution in [1.29, 1.82) is 0 Å². The summed E-state index contributed by atoms with van der Waals surface area (Å²) in [6, 6.07) is 0.461. The van der Waals surface area contributed by atoms with Crippen LogP contribution in [-0.2, 0) is 9.53 Å². The Bertz CT molecular complexity index is 856. The number of hydrogen-bond acceptors (Lipinski definition) is 3. The second-order valence-corrected chi connectivity index (χ2v) is 6.98. The molecule has 31 heavy (non-hydrogen) atoms. The van der Waals surface area contributed by atoms with E-state index in [4.69, 9.17) is 4.74 Å². The number of amides is 1. The van der Waals surface area contributed by atoms with Crippen molar-refractivity contribution in [2.45, 2.75) is 32.5 Å². The fraction of sp³-hybridized carbons (Fsp3) is 0.409. The number of ether oxygens (including phenoxy) is 1. The highest BCUT2D eigenvalue weighted by molar-refractivity contribution is 5.92.